The van der Waals surface area contributed by atoms with Gasteiger partial charge in [0.2, 0.25) is 5.88 Å². The highest BCUT2D eigenvalue weighted by atomic mass is 79.9. The van der Waals surface area contributed by atoms with Crippen LogP contribution in [-0.2, 0) is 6.42 Å². The van der Waals surface area contributed by atoms with Crippen molar-refractivity contribution in [2.45, 2.75) is 13.3 Å². The van der Waals surface area contributed by atoms with Gasteiger partial charge in [-0.25, -0.2) is 4.98 Å². The van der Waals surface area contributed by atoms with E-state index in [1.165, 1.54) is 5.39 Å². The lowest BCUT2D eigenvalue weighted by molar-refractivity contribution is 0.458. The highest BCUT2D eigenvalue weighted by molar-refractivity contribution is 9.10. The zero-order valence-corrected chi connectivity index (χ0v) is 12.6. The van der Waals surface area contributed by atoms with Crippen molar-refractivity contribution in [2.75, 3.05) is 0 Å². The quantitative estimate of drug-likeness (QED) is 0.651. The van der Waals surface area contributed by atoms with Crippen LogP contribution in [0.2, 0.25) is 0 Å². The Kier molecular flexibility index (Phi) is 3.65. The first-order valence-electron chi connectivity index (χ1n) is 6.45. The highest BCUT2D eigenvalue weighted by Gasteiger charge is 2.04. The molecule has 0 saturated carbocycles. The Morgan fingerprint density at radius 3 is 2.60 bits per heavy atom. The molecule has 1 heterocycles. The van der Waals surface area contributed by atoms with E-state index in [1.807, 2.05) is 37.3 Å². The van der Waals surface area contributed by atoms with Crippen LogP contribution in [-0.4, -0.2) is 9.97 Å². The molecule has 0 radical (unpaired) electrons. The van der Waals surface area contributed by atoms with Crippen LogP contribution in [0, 0.1) is 0 Å². The van der Waals surface area contributed by atoms with Crippen LogP contribution in [0.1, 0.15) is 12.7 Å². The maximum Gasteiger partial charge on any atom is 0.223 e. The summed E-state index contributed by atoms with van der Waals surface area (Å²) in [5.41, 5.74) is 0. The molecule has 0 amide bonds. The van der Waals surface area contributed by atoms with Crippen molar-refractivity contribution in [1.29, 1.82) is 0 Å². The monoisotopic (exact) mass is 328 g/mol. The van der Waals surface area contributed by atoms with Gasteiger partial charge in [-0.2, -0.15) is 4.98 Å². The summed E-state index contributed by atoms with van der Waals surface area (Å²) < 4.78 is 6.56. The molecule has 0 unspecified atom stereocenters. The molecule has 0 atom stereocenters. The van der Waals surface area contributed by atoms with Gasteiger partial charge < -0.3 is 4.74 Å². The summed E-state index contributed by atoms with van der Waals surface area (Å²) >= 11 is 3.38. The highest BCUT2D eigenvalue weighted by Crippen LogP contribution is 2.25. The predicted octanol–water partition coefficient (Wildman–Crippen LogP) is 4.75. The molecule has 0 saturated heterocycles. The molecule has 0 bridgehead atoms. The minimum absolute atomic E-state index is 0.555. The first-order valence-corrected chi connectivity index (χ1v) is 7.24. The number of fused-ring (bicyclic) bond motifs is 1. The van der Waals surface area contributed by atoms with Gasteiger partial charge in [-0.15, -0.1) is 0 Å². The summed E-state index contributed by atoms with van der Waals surface area (Å²) in [6, 6.07) is 16.0. The van der Waals surface area contributed by atoms with E-state index in [9.17, 15) is 0 Å². The number of benzene rings is 2. The van der Waals surface area contributed by atoms with Gasteiger partial charge in [0.15, 0.2) is 0 Å². The number of halogens is 1. The SMILES string of the molecule is CCc1nc(Br)cc(Oc2ccc3ccccc3c2)n1. The second-order valence-electron chi connectivity index (χ2n) is 4.41. The molecule has 3 aromatic rings. The molecule has 100 valence electrons. The van der Waals surface area contributed by atoms with Gasteiger partial charge in [-0.1, -0.05) is 37.3 Å². The van der Waals surface area contributed by atoms with Gasteiger partial charge in [0.1, 0.15) is 16.2 Å². The third-order valence-electron chi connectivity index (χ3n) is 2.98. The number of hydrogen-bond donors (Lipinski definition) is 0. The first kappa shape index (κ1) is 13.1. The van der Waals surface area contributed by atoms with Gasteiger partial charge in [0.05, 0.1) is 0 Å². The van der Waals surface area contributed by atoms with Crippen LogP contribution >= 0.6 is 15.9 Å². The van der Waals surface area contributed by atoms with Crippen molar-refractivity contribution in [3.63, 3.8) is 0 Å². The summed E-state index contributed by atoms with van der Waals surface area (Å²) in [5.74, 6) is 2.09. The molecule has 2 aromatic carbocycles. The van der Waals surface area contributed by atoms with Crippen molar-refractivity contribution in [3.05, 3.63) is 59.0 Å². The van der Waals surface area contributed by atoms with Gasteiger partial charge in [-0.3, -0.25) is 0 Å². The van der Waals surface area contributed by atoms with E-state index in [0.29, 0.717) is 5.88 Å². The first-order chi connectivity index (χ1) is 9.74. The summed E-state index contributed by atoms with van der Waals surface area (Å²) in [6.07, 6.45) is 0.771. The second-order valence-corrected chi connectivity index (χ2v) is 5.22. The fraction of sp³-hybridized carbons (Fsp3) is 0.125. The van der Waals surface area contributed by atoms with E-state index < -0.39 is 0 Å². The lowest BCUT2D eigenvalue weighted by Crippen LogP contribution is -1.96. The Hall–Kier alpha value is -1.94. The molecule has 3 nitrogen and oxygen atoms in total. The molecule has 0 N–H and O–H groups in total. The number of rotatable bonds is 3. The van der Waals surface area contributed by atoms with Crippen molar-refractivity contribution in [2.24, 2.45) is 0 Å². The fourth-order valence-electron chi connectivity index (χ4n) is 2.00. The molecule has 0 spiro atoms. The molecular formula is C16H13BrN2O. The minimum atomic E-state index is 0.555. The lowest BCUT2D eigenvalue weighted by atomic mass is 10.1. The van der Waals surface area contributed by atoms with Crippen molar-refractivity contribution < 1.29 is 4.74 Å². The molecular weight excluding hydrogens is 316 g/mol. The van der Waals surface area contributed by atoms with Gasteiger partial charge in [-0.05, 0) is 38.8 Å². The van der Waals surface area contributed by atoms with E-state index >= 15 is 0 Å². The van der Waals surface area contributed by atoms with Crippen LogP contribution in [0.3, 0.4) is 0 Å². The third kappa shape index (κ3) is 2.80. The Morgan fingerprint density at radius 2 is 1.80 bits per heavy atom. The average Bonchev–Trinajstić information content (AvgIpc) is 2.46. The molecule has 0 aliphatic heterocycles. The zero-order chi connectivity index (χ0) is 13.9. The van der Waals surface area contributed by atoms with Gasteiger partial charge in [0, 0.05) is 12.5 Å². The summed E-state index contributed by atoms with van der Waals surface area (Å²) in [6.45, 7) is 2.02. The fourth-order valence-corrected chi connectivity index (χ4v) is 2.40. The predicted molar refractivity (Wildman–Crippen MR) is 83.1 cm³/mol. The van der Waals surface area contributed by atoms with Crippen molar-refractivity contribution in [1.82, 2.24) is 9.97 Å². The Morgan fingerprint density at radius 1 is 1.00 bits per heavy atom. The van der Waals surface area contributed by atoms with Crippen molar-refractivity contribution in [3.8, 4) is 11.6 Å². The molecule has 3 rings (SSSR count). The number of hydrogen-bond acceptors (Lipinski definition) is 3. The van der Waals surface area contributed by atoms with Gasteiger partial charge >= 0.3 is 0 Å². The van der Waals surface area contributed by atoms with Crippen LogP contribution in [0.5, 0.6) is 11.6 Å². The Labute approximate surface area is 125 Å². The maximum absolute atomic E-state index is 5.83. The van der Waals surface area contributed by atoms with Gasteiger partial charge in [0.25, 0.3) is 0 Å². The smallest absolute Gasteiger partial charge is 0.223 e. The van der Waals surface area contributed by atoms with Crippen molar-refractivity contribution >= 4 is 26.7 Å². The largest absolute Gasteiger partial charge is 0.439 e. The normalized spacial score (nSPS) is 10.7. The lowest BCUT2D eigenvalue weighted by Gasteiger charge is -2.07. The average molecular weight is 329 g/mol. The minimum Gasteiger partial charge on any atom is -0.439 e. The molecule has 20 heavy (non-hydrogen) atoms. The maximum atomic E-state index is 5.83. The Bertz CT molecular complexity index is 758. The van der Waals surface area contributed by atoms with E-state index in [-0.39, 0.29) is 0 Å². The zero-order valence-electron chi connectivity index (χ0n) is 11.0. The van der Waals surface area contributed by atoms with E-state index in [0.717, 1.165) is 28.0 Å². The van der Waals surface area contributed by atoms with Crippen LogP contribution in [0.4, 0.5) is 0 Å². The second kappa shape index (κ2) is 5.59. The van der Waals surface area contributed by atoms with Crippen LogP contribution in [0.15, 0.2) is 53.1 Å². The number of ether oxygens (including phenoxy) is 1. The number of nitrogens with zero attached hydrogens (tertiary/aromatic N) is 2. The molecule has 0 aliphatic rings. The molecule has 0 aliphatic carbocycles. The summed E-state index contributed by atoms with van der Waals surface area (Å²) in [7, 11) is 0. The van der Waals surface area contributed by atoms with E-state index in [4.69, 9.17) is 4.74 Å². The summed E-state index contributed by atoms with van der Waals surface area (Å²) in [4.78, 5) is 8.63. The summed E-state index contributed by atoms with van der Waals surface area (Å²) in [5, 5.41) is 2.34. The molecule has 1 aromatic heterocycles. The molecule has 0 fully saturated rings. The van der Waals surface area contributed by atoms with E-state index in [2.05, 4.69) is 38.0 Å². The number of aromatic nitrogens is 2. The van der Waals surface area contributed by atoms with Crippen LogP contribution in [0.25, 0.3) is 10.8 Å². The topological polar surface area (TPSA) is 35.0 Å². The van der Waals surface area contributed by atoms with E-state index in [1.54, 1.807) is 6.07 Å². The standard InChI is InChI=1S/C16H13BrN2O/c1-2-15-18-14(17)10-16(19-15)20-13-8-7-11-5-3-4-6-12(11)9-13/h3-10H,2H2,1H3. The number of aryl methyl sites for hydroxylation is 1. The van der Waals surface area contributed by atoms with Crippen LogP contribution < -0.4 is 4.74 Å². The Balaban J connectivity index is 1.94. The molecule has 4 heteroatoms. The third-order valence-corrected chi connectivity index (χ3v) is 3.38.